The van der Waals surface area contributed by atoms with Crippen LogP contribution in [0.3, 0.4) is 0 Å². The van der Waals surface area contributed by atoms with E-state index in [1.54, 1.807) is 18.3 Å². The van der Waals surface area contributed by atoms with Crippen LogP contribution in [0.5, 0.6) is 5.75 Å². The molecule has 0 unspecified atom stereocenters. The Hall–Kier alpha value is -3.22. The molecule has 0 saturated carbocycles. The molecule has 1 heterocycles. The summed E-state index contributed by atoms with van der Waals surface area (Å²) in [6, 6.07) is 21.8. The first-order valence-electron chi connectivity index (χ1n) is 9.64. The van der Waals surface area contributed by atoms with Crippen LogP contribution in [0, 0.1) is 0 Å². The molecular weight excluding hydrogens is 396 g/mol. The van der Waals surface area contributed by atoms with Gasteiger partial charge >= 0.3 is 0 Å². The van der Waals surface area contributed by atoms with Crippen molar-refractivity contribution in [1.82, 2.24) is 10.0 Å². The van der Waals surface area contributed by atoms with Crippen LogP contribution in [0.25, 0.3) is 21.3 Å². The number of aromatic nitrogens is 1. The van der Waals surface area contributed by atoms with Crippen molar-refractivity contribution in [1.29, 1.82) is 0 Å². The fourth-order valence-corrected chi connectivity index (χ4v) is 4.08. The second-order valence-corrected chi connectivity index (χ2v) is 8.01. The van der Waals surface area contributed by atoms with Gasteiger partial charge in [-0.25, -0.2) is 10.0 Å². The second-order valence-electron chi connectivity index (χ2n) is 7.15. The molecule has 0 spiro atoms. The minimum absolute atomic E-state index is 0.340. The molecule has 0 saturated heterocycles. The molecule has 1 amide bonds. The summed E-state index contributed by atoms with van der Waals surface area (Å²) >= 11 is 1.61. The van der Waals surface area contributed by atoms with Crippen molar-refractivity contribution in [3.63, 3.8) is 0 Å². The summed E-state index contributed by atoms with van der Waals surface area (Å²) in [5.41, 5.74) is 2.86. The van der Waals surface area contributed by atoms with Gasteiger partial charge in [-0.2, -0.15) is 0 Å². The van der Waals surface area contributed by atoms with E-state index in [1.165, 1.54) is 7.05 Å². The molecule has 1 N–H and O–H groups in total. The van der Waals surface area contributed by atoms with Crippen molar-refractivity contribution >= 4 is 28.0 Å². The number of rotatable bonds is 6. The lowest BCUT2D eigenvalue weighted by Gasteiger charge is -2.16. The van der Waals surface area contributed by atoms with E-state index in [-0.39, 0.29) is 5.91 Å². The van der Waals surface area contributed by atoms with Gasteiger partial charge in [0.15, 0.2) is 0 Å². The molecule has 1 atom stereocenters. The van der Waals surface area contributed by atoms with E-state index in [9.17, 15) is 10.0 Å². The molecule has 0 aliphatic rings. The molecule has 0 fully saturated rings. The first-order valence-corrected chi connectivity index (χ1v) is 10.5. The van der Waals surface area contributed by atoms with Crippen molar-refractivity contribution < 1.29 is 14.7 Å². The summed E-state index contributed by atoms with van der Waals surface area (Å²) in [6.45, 7) is 2.19. The Bertz CT molecular complexity index is 1170. The number of thiazole rings is 1. The fourth-order valence-electron chi connectivity index (χ4n) is 3.27. The average Bonchev–Trinajstić information content (AvgIpc) is 3.26. The maximum Gasteiger partial charge on any atom is 0.252 e. The highest BCUT2D eigenvalue weighted by atomic mass is 32.1. The first kappa shape index (κ1) is 20.1. The lowest BCUT2D eigenvalue weighted by atomic mass is 9.97. The van der Waals surface area contributed by atoms with Crippen molar-refractivity contribution in [3.05, 3.63) is 83.4 Å². The highest BCUT2D eigenvalue weighted by Crippen LogP contribution is 2.27. The summed E-state index contributed by atoms with van der Waals surface area (Å²) < 4.78 is 5.95. The van der Waals surface area contributed by atoms with E-state index in [0.29, 0.717) is 11.7 Å². The summed E-state index contributed by atoms with van der Waals surface area (Å²) in [4.78, 5) is 16.7. The number of amides is 1. The zero-order chi connectivity index (χ0) is 21.1. The van der Waals surface area contributed by atoms with Gasteiger partial charge in [0.05, 0.1) is 11.6 Å². The maximum absolute atomic E-state index is 12.0. The van der Waals surface area contributed by atoms with Gasteiger partial charge in [-0.1, -0.05) is 54.6 Å². The van der Waals surface area contributed by atoms with Gasteiger partial charge in [-0.05, 0) is 35.4 Å². The number of hydrogen-bond donors (Lipinski definition) is 1. The molecule has 1 aromatic heterocycles. The molecule has 5 nitrogen and oxygen atoms in total. The summed E-state index contributed by atoms with van der Waals surface area (Å²) in [5, 5.41) is 15.1. The number of fused-ring (bicyclic) bond motifs is 1. The largest absolute Gasteiger partial charge is 0.487 e. The predicted molar refractivity (Wildman–Crippen MR) is 119 cm³/mol. The Morgan fingerprint density at radius 3 is 2.60 bits per heavy atom. The zero-order valence-electron chi connectivity index (χ0n) is 16.8. The molecule has 30 heavy (non-hydrogen) atoms. The van der Waals surface area contributed by atoms with Crippen molar-refractivity contribution in [2.45, 2.75) is 19.4 Å². The number of carbonyl (C=O) groups is 1. The molecule has 0 bridgehead atoms. The molecule has 3 aromatic carbocycles. The number of benzene rings is 3. The van der Waals surface area contributed by atoms with E-state index >= 15 is 0 Å². The summed E-state index contributed by atoms with van der Waals surface area (Å²) in [7, 11) is 1.34. The summed E-state index contributed by atoms with van der Waals surface area (Å²) in [6.07, 6.45) is 0. The third-order valence-corrected chi connectivity index (χ3v) is 5.92. The van der Waals surface area contributed by atoms with Gasteiger partial charge in [0.1, 0.15) is 17.4 Å². The number of hydroxylamine groups is 2. The van der Waals surface area contributed by atoms with Crippen molar-refractivity contribution in [3.8, 4) is 16.3 Å². The average molecular weight is 419 g/mol. The quantitative estimate of drug-likeness (QED) is 0.332. The third kappa shape index (κ3) is 4.35. The van der Waals surface area contributed by atoms with Gasteiger partial charge in [-0.15, -0.1) is 11.3 Å². The Morgan fingerprint density at radius 1 is 1.10 bits per heavy atom. The van der Waals surface area contributed by atoms with Crippen LogP contribution in [-0.2, 0) is 11.4 Å². The standard InChI is InChI=1S/C24H22N2O3S/c1-16(24(27)26(2)28)18-8-9-20-13-22(11-10-19(20)12-18)29-14-21-15-30-23(25-21)17-6-4-3-5-7-17/h3-13,15-16,28H,14H2,1-2H3/t16-/m0/s1. The first-order chi connectivity index (χ1) is 14.5. The Morgan fingerprint density at radius 2 is 1.83 bits per heavy atom. The third-order valence-electron chi connectivity index (χ3n) is 4.98. The number of hydrogen-bond acceptors (Lipinski definition) is 5. The number of ether oxygens (including phenoxy) is 1. The van der Waals surface area contributed by atoms with Crippen molar-refractivity contribution in [2.75, 3.05) is 7.05 Å². The highest BCUT2D eigenvalue weighted by molar-refractivity contribution is 7.13. The molecule has 0 aliphatic heterocycles. The van der Waals surface area contributed by atoms with Crippen LogP contribution >= 0.6 is 11.3 Å². The van der Waals surface area contributed by atoms with E-state index in [0.717, 1.165) is 38.4 Å². The second kappa shape index (κ2) is 8.65. The highest BCUT2D eigenvalue weighted by Gasteiger charge is 2.18. The minimum atomic E-state index is -0.413. The van der Waals surface area contributed by atoms with Crippen LogP contribution < -0.4 is 4.74 Å². The van der Waals surface area contributed by atoms with E-state index in [1.807, 2.05) is 72.1 Å². The van der Waals surface area contributed by atoms with Crippen LogP contribution in [0.4, 0.5) is 0 Å². The minimum Gasteiger partial charge on any atom is -0.487 e. The SMILES string of the molecule is C[C@H](C(=O)N(C)O)c1ccc2cc(OCc3csc(-c4ccccc4)n3)ccc2c1. The number of carbonyl (C=O) groups excluding carboxylic acids is 1. The Balaban J connectivity index is 1.46. The van der Waals surface area contributed by atoms with Crippen molar-refractivity contribution in [2.24, 2.45) is 0 Å². The van der Waals surface area contributed by atoms with Crippen LogP contribution in [0.1, 0.15) is 24.1 Å². The lowest BCUT2D eigenvalue weighted by Crippen LogP contribution is -2.27. The maximum atomic E-state index is 12.0. The monoisotopic (exact) mass is 418 g/mol. The van der Waals surface area contributed by atoms with Crippen LogP contribution in [0.2, 0.25) is 0 Å². The fraction of sp³-hybridized carbons (Fsp3) is 0.167. The lowest BCUT2D eigenvalue weighted by molar-refractivity contribution is -0.160. The normalized spacial score (nSPS) is 12.0. The zero-order valence-corrected chi connectivity index (χ0v) is 17.6. The molecule has 0 radical (unpaired) electrons. The van der Waals surface area contributed by atoms with Gasteiger partial charge in [0, 0.05) is 18.0 Å². The molecule has 152 valence electrons. The van der Waals surface area contributed by atoms with Gasteiger partial charge in [0.25, 0.3) is 5.91 Å². The molecule has 0 aliphatic carbocycles. The molecule has 4 aromatic rings. The molecule has 6 heteroatoms. The van der Waals surface area contributed by atoms with Gasteiger partial charge in [-0.3, -0.25) is 10.0 Å². The Kier molecular flexibility index (Phi) is 5.79. The van der Waals surface area contributed by atoms with Crippen LogP contribution in [-0.4, -0.2) is 28.2 Å². The number of likely N-dealkylation sites (N-methyl/N-ethyl adjacent to an activating group) is 1. The van der Waals surface area contributed by atoms with Gasteiger partial charge < -0.3 is 4.74 Å². The molecule has 4 rings (SSSR count). The molecular formula is C24H22N2O3S. The predicted octanol–water partition coefficient (Wildman–Crippen LogP) is 5.49. The van der Waals surface area contributed by atoms with E-state index in [4.69, 9.17) is 4.74 Å². The topological polar surface area (TPSA) is 62.7 Å². The van der Waals surface area contributed by atoms with E-state index in [2.05, 4.69) is 4.98 Å². The number of nitrogens with zero attached hydrogens (tertiary/aromatic N) is 2. The van der Waals surface area contributed by atoms with Gasteiger partial charge in [0.2, 0.25) is 0 Å². The van der Waals surface area contributed by atoms with Crippen LogP contribution in [0.15, 0.2) is 72.1 Å². The smallest absolute Gasteiger partial charge is 0.252 e. The Labute approximate surface area is 179 Å². The summed E-state index contributed by atoms with van der Waals surface area (Å²) in [5.74, 6) is 0.0139. The van der Waals surface area contributed by atoms with E-state index < -0.39 is 5.92 Å².